The molecule has 1 fully saturated rings. The third kappa shape index (κ3) is 5.72. The second kappa shape index (κ2) is 10.3. The summed E-state index contributed by atoms with van der Waals surface area (Å²) >= 11 is 0. The van der Waals surface area contributed by atoms with Crippen LogP contribution in [0.15, 0.2) is 41.4 Å². The van der Waals surface area contributed by atoms with Gasteiger partial charge in [-0.25, -0.2) is 13.1 Å². The summed E-state index contributed by atoms with van der Waals surface area (Å²) in [6, 6.07) is 7.92. The first-order valence-electron chi connectivity index (χ1n) is 10.8. The topological polar surface area (TPSA) is 120 Å². The van der Waals surface area contributed by atoms with Crippen LogP contribution in [0.1, 0.15) is 39.7 Å². The van der Waals surface area contributed by atoms with E-state index in [2.05, 4.69) is 10.4 Å². The van der Waals surface area contributed by atoms with Crippen molar-refractivity contribution in [3.05, 3.63) is 36.5 Å². The van der Waals surface area contributed by atoms with Gasteiger partial charge < -0.3 is 14.8 Å². The van der Waals surface area contributed by atoms with E-state index in [9.17, 15) is 18.0 Å². The van der Waals surface area contributed by atoms with E-state index in [0.29, 0.717) is 24.4 Å². The number of hydrogen-bond acceptors (Lipinski definition) is 7. The lowest BCUT2D eigenvalue weighted by molar-refractivity contribution is -0.158. The molecule has 1 aromatic heterocycles. The van der Waals surface area contributed by atoms with E-state index in [-0.39, 0.29) is 24.0 Å². The first-order valence-corrected chi connectivity index (χ1v) is 12.3. The van der Waals surface area contributed by atoms with Gasteiger partial charge in [0.15, 0.2) is 6.10 Å². The first-order chi connectivity index (χ1) is 15.6. The lowest BCUT2D eigenvalue weighted by Gasteiger charge is -2.30. The van der Waals surface area contributed by atoms with Gasteiger partial charge in [-0.1, -0.05) is 0 Å². The molecule has 10 nitrogen and oxygen atoms in total. The van der Waals surface area contributed by atoms with Crippen molar-refractivity contribution in [1.29, 1.82) is 0 Å². The number of anilines is 1. The van der Waals surface area contributed by atoms with Gasteiger partial charge >= 0.3 is 5.97 Å². The normalized spacial score (nSPS) is 16.4. The second-order valence-electron chi connectivity index (χ2n) is 8.18. The van der Waals surface area contributed by atoms with Crippen LogP contribution in [0, 0.1) is 5.92 Å². The molecule has 3 rings (SSSR count). The molecule has 180 valence electrons. The van der Waals surface area contributed by atoms with E-state index in [1.165, 1.54) is 30.5 Å². The van der Waals surface area contributed by atoms with Gasteiger partial charge in [0, 0.05) is 25.2 Å². The van der Waals surface area contributed by atoms with Crippen molar-refractivity contribution in [2.45, 2.75) is 50.7 Å². The summed E-state index contributed by atoms with van der Waals surface area (Å²) in [7, 11) is -2.15. The van der Waals surface area contributed by atoms with E-state index < -0.39 is 33.9 Å². The van der Waals surface area contributed by atoms with Crippen LogP contribution in [0.4, 0.5) is 5.82 Å². The van der Waals surface area contributed by atoms with E-state index in [4.69, 9.17) is 9.47 Å². The molecule has 1 aliphatic rings. The number of piperidine rings is 1. The molecule has 1 aromatic carbocycles. The van der Waals surface area contributed by atoms with E-state index >= 15 is 0 Å². The van der Waals surface area contributed by atoms with Crippen molar-refractivity contribution in [3.63, 3.8) is 0 Å². The number of aromatic nitrogens is 2. The second-order valence-corrected chi connectivity index (χ2v) is 10.1. The van der Waals surface area contributed by atoms with Crippen LogP contribution in [0.2, 0.25) is 0 Å². The molecule has 0 bridgehead atoms. The zero-order valence-electron chi connectivity index (χ0n) is 19.2. The zero-order valence-corrected chi connectivity index (χ0v) is 20.0. The van der Waals surface area contributed by atoms with Gasteiger partial charge in [0.25, 0.3) is 5.91 Å². The molecule has 1 saturated heterocycles. The summed E-state index contributed by atoms with van der Waals surface area (Å²) < 4.78 is 39.2. The minimum atomic E-state index is -3.66. The van der Waals surface area contributed by atoms with Crippen molar-refractivity contribution >= 4 is 27.7 Å². The fourth-order valence-electron chi connectivity index (χ4n) is 3.61. The Morgan fingerprint density at radius 3 is 2.30 bits per heavy atom. The molecular formula is C22H30N4O6S. The van der Waals surface area contributed by atoms with Crippen LogP contribution in [0.5, 0.6) is 5.75 Å². The summed E-state index contributed by atoms with van der Waals surface area (Å²) in [5, 5.41) is 6.88. The quantitative estimate of drug-likeness (QED) is 0.579. The Kier molecular flexibility index (Phi) is 7.75. The van der Waals surface area contributed by atoms with Crippen molar-refractivity contribution in [2.24, 2.45) is 5.92 Å². The average molecular weight is 479 g/mol. The predicted octanol–water partition coefficient (Wildman–Crippen LogP) is 2.44. The number of hydrogen-bond donors (Lipinski definition) is 1. The first kappa shape index (κ1) is 24.7. The van der Waals surface area contributed by atoms with Crippen molar-refractivity contribution in [3.8, 4) is 5.75 Å². The highest BCUT2D eigenvalue weighted by atomic mass is 32.2. The highest BCUT2D eigenvalue weighted by Crippen LogP contribution is 2.26. The van der Waals surface area contributed by atoms with Crippen LogP contribution in [-0.4, -0.2) is 60.7 Å². The fourth-order valence-corrected chi connectivity index (χ4v) is 5.07. The number of benzene rings is 1. The monoisotopic (exact) mass is 478 g/mol. The van der Waals surface area contributed by atoms with E-state index in [0.717, 1.165) is 0 Å². The van der Waals surface area contributed by atoms with E-state index in [1.54, 1.807) is 29.1 Å². The van der Waals surface area contributed by atoms with Gasteiger partial charge in [-0.2, -0.15) is 9.40 Å². The number of nitrogens with zero attached hydrogens (tertiary/aromatic N) is 3. The summed E-state index contributed by atoms with van der Waals surface area (Å²) in [5.41, 5.74) is 0. The summed E-state index contributed by atoms with van der Waals surface area (Å²) in [6.07, 6.45) is 1.24. The molecule has 1 atom stereocenters. The van der Waals surface area contributed by atoms with Gasteiger partial charge in [-0.3, -0.25) is 9.59 Å². The molecule has 11 heteroatoms. The van der Waals surface area contributed by atoms with Crippen LogP contribution in [0.3, 0.4) is 0 Å². The van der Waals surface area contributed by atoms with Crippen LogP contribution < -0.4 is 10.1 Å². The van der Waals surface area contributed by atoms with Crippen molar-refractivity contribution in [2.75, 3.05) is 25.5 Å². The fraction of sp³-hybridized carbons (Fsp3) is 0.500. The van der Waals surface area contributed by atoms with Gasteiger partial charge in [0.2, 0.25) is 10.0 Å². The summed E-state index contributed by atoms with van der Waals surface area (Å²) in [5.74, 6) is -0.331. The summed E-state index contributed by atoms with van der Waals surface area (Å²) in [6.45, 7) is 5.78. The lowest BCUT2D eigenvalue weighted by atomic mass is 9.98. The number of sulfonamides is 1. The Morgan fingerprint density at radius 1 is 1.09 bits per heavy atom. The predicted molar refractivity (Wildman–Crippen MR) is 121 cm³/mol. The molecule has 1 aliphatic heterocycles. The Labute approximate surface area is 193 Å². The number of methoxy groups -OCH3 is 1. The third-order valence-electron chi connectivity index (χ3n) is 5.56. The van der Waals surface area contributed by atoms with Crippen molar-refractivity contribution in [1.82, 2.24) is 14.1 Å². The highest BCUT2D eigenvalue weighted by Gasteiger charge is 2.34. The number of amides is 1. The Balaban J connectivity index is 1.53. The Morgan fingerprint density at radius 2 is 1.73 bits per heavy atom. The van der Waals surface area contributed by atoms with Gasteiger partial charge in [0.1, 0.15) is 11.6 Å². The molecule has 0 saturated carbocycles. The van der Waals surface area contributed by atoms with Crippen LogP contribution in [-0.2, 0) is 24.3 Å². The molecular weight excluding hydrogens is 448 g/mol. The molecule has 0 unspecified atom stereocenters. The Hall–Kier alpha value is -2.92. The third-order valence-corrected chi connectivity index (χ3v) is 7.47. The molecule has 0 radical (unpaired) electrons. The zero-order chi connectivity index (χ0) is 24.2. The number of rotatable bonds is 8. The van der Waals surface area contributed by atoms with Gasteiger partial charge in [-0.05, 0) is 57.9 Å². The number of carbonyl (C=O) groups excluding carboxylic acids is 2. The van der Waals surface area contributed by atoms with Crippen LogP contribution in [0.25, 0.3) is 0 Å². The molecule has 1 amide bonds. The highest BCUT2D eigenvalue weighted by molar-refractivity contribution is 7.89. The number of esters is 1. The molecule has 0 aliphatic carbocycles. The van der Waals surface area contributed by atoms with Crippen molar-refractivity contribution < 1.29 is 27.5 Å². The Bertz CT molecular complexity index is 1070. The maximum atomic E-state index is 12.9. The average Bonchev–Trinajstić information content (AvgIpc) is 3.27. The molecule has 1 N–H and O–H groups in total. The summed E-state index contributed by atoms with van der Waals surface area (Å²) in [4.78, 5) is 25.2. The largest absolute Gasteiger partial charge is 0.497 e. The number of nitrogens with one attached hydrogen (secondary N) is 1. The molecule has 0 spiro atoms. The lowest BCUT2D eigenvalue weighted by Crippen LogP contribution is -2.41. The number of ether oxygens (including phenoxy) is 2. The smallest absolute Gasteiger partial charge is 0.309 e. The standard InChI is InChI=1S/C22H30N4O6S/c1-15(2)26-20(9-12-23-26)24-21(27)16(3)32-22(28)17-10-13-25(14-11-17)33(29,30)19-7-5-18(31-4)6-8-19/h5-9,12,15-17H,10-11,13-14H2,1-4H3,(H,24,27)/t16-/m1/s1. The molecule has 33 heavy (non-hydrogen) atoms. The molecule has 2 aromatic rings. The van der Waals surface area contributed by atoms with Gasteiger partial charge in [-0.15, -0.1) is 0 Å². The van der Waals surface area contributed by atoms with Crippen LogP contribution >= 0.6 is 0 Å². The maximum Gasteiger partial charge on any atom is 0.309 e. The van der Waals surface area contributed by atoms with Gasteiger partial charge in [0.05, 0.1) is 24.1 Å². The number of carbonyl (C=O) groups is 2. The van der Waals surface area contributed by atoms with E-state index in [1.807, 2.05) is 13.8 Å². The minimum Gasteiger partial charge on any atom is -0.497 e. The molecule has 2 heterocycles. The maximum absolute atomic E-state index is 12.9. The SMILES string of the molecule is COc1ccc(S(=O)(=O)N2CCC(C(=O)O[C@H](C)C(=O)Nc3ccnn3C(C)C)CC2)cc1. The minimum absolute atomic E-state index is 0.0625.